The minimum Gasteiger partial charge on any atom is -0.324 e. The third-order valence-electron chi connectivity index (χ3n) is 3.82. The summed E-state index contributed by atoms with van der Waals surface area (Å²) in [7, 11) is 1.97. The van der Waals surface area contributed by atoms with Gasteiger partial charge in [0, 0.05) is 7.05 Å². The molecule has 2 heterocycles. The van der Waals surface area contributed by atoms with Crippen LogP contribution in [0.5, 0.6) is 0 Å². The van der Waals surface area contributed by atoms with Gasteiger partial charge in [0.05, 0.1) is 39.8 Å². The average Bonchev–Trinajstić information content (AvgIpc) is 2.87. The van der Waals surface area contributed by atoms with E-state index in [1.807, 2.05) is 25.0 Å². The predicted molar refractivity (Wildman–Crippen MR) is 84.0 cm³/mol. The number of nitrogens with zero attached hydrogens (tertiary/aromatic N) is 4. The van der Waals surface area contributed by atoms with Crippen LogP contribution in [0.25, 0.3) is 11.0 Å². The Bertz CT molecular complexity index is 798. The fourth-order valence-corrected chi connectivity index (χ4v) is 2.91. The Hall–Kier alpha value is -1.62. The fourth-order valence-electron chi connectivity index (χ4n) is 2.45. The highest BCUT2D eigenvalue weighted by atomic mass is 79.9. The summed E-state index contributed by atoms with van der Waals surface area (Å²) in [5.41, 5.74) is 6.95. The zero-order chi connectivity index (χ0) is 14.4. The Labute approximate surface area is 126 Å². The van der Waals surface area contributed by atoms with Crippen LogP contribution in [0.3, 0.4) is 0 Å². The van der Waals surface area contributed by atoms with Crippen LogP contribution in [0.4, 0.5) is 0 Å². The van der Waals surface area contributed by atoms with Gasteiger partial charge in [-0.2, -0.15) is 5.10 Å². The number of hydrogen-bond acceptors (Lipinski definition) is 2. The molecule has 0 aliphatic heterocycles. The second-order valence-corrected chi connectivity index (χ2v) is 6.06. The maximum Gasteiger partial charge on any atom is 0.0962 e. The van der Waals surface area contributed by atoms with Gasteiger partial charge >= 0.3 is 0 Å². The van der Waals surface area contributed by atoms with Gasteiger partial charge in [0.15, 0.2) is 0 Å². The Balaban J connectivity index is 2.09. The second-order valence-electron chi connectivity index (χ2n) is 5.27. The Morgan fingerprint density at radius 3 is 2.50 bits per heavy atom. The molecule has 0 radical (unpaired) electrons. The lowest BCUT2D eigenvalue weighted by molar-refractivity contribution is 0.669. The monoisotopic (exact) mass is 332 g/mol. The summed E-state index contributed by atoms with van der Waals surface area (Å²) >= 11 is 3.62. The number of imidazole rings is 1. The predicted octanol–water partition coefficient (Wildman–Crippen LogP) is 3.51. The first kappa shape index (κ1) is 13.4. The molecule has 104 valence electrons. The highest BCUT2D eigenvalue weighted by Gasteiger charge is 2.13. The molecule has 5 heteroatoms. The van der Waals surface area contributed by atoms with Crippen molar-refractivity contribution in [2.45, 2.75) is 27.3 Å². The zero-order valence-corrected chi connectivity index (χ0v) is 13.7. The van der Waals surface area contributed by atoms with E-state index < -0.39 is 0 Å². The first-order valence-electron chi connectivity index (χ1n) is 6.57. The molecule has 0 spiro atoms. The molecule has 0 saturated carbocycles. The van der Waals surface area contributed by atoms with Crippen LogP contribution in [0, 0.1) is 20.8 Å². The van der Waals surface area contributed by atoms with Gasteiger partial charge in [0.1, 0.15) is 0 Å². The normalized spacial score (nSPS) is 11.4. The molecule has 0 aliphatic carbocycles. The summed E-state index contributed by atoms with van der Waals surface area (Å²) in [6, 6.07) is 4.35. The molecule has 0 N–H and O–H groups in total. The maximum atomic E-state index is 4.50. The van der Waals surface area contributed by atoms with Crippen molar-refractivity contribution < 1.29 is 0 Å². The van der Waals surface area contributed by atoms with E-state index in [-0.39, 0.29) is 0 Å². The molecule has 0 atom stereocenters. The minimum atomic E-state index is 0.761. The molecular formula is C15H17BrN4. The molecule has 0 fully saturated rings. The largest absolute Gasteiger partial charge is 0.324 e. The van der Waals surface area contributed by atoms with Crippen molar-refractivity contribution in [3.05, 3.63) is 45.4 Å². The lowest BCUT2D eigenvalue weighted by Crippen LogP contribution is -2.05. The number of aryl methyl sites for hydroxylation is 4. The van der Waals surface area contributed by atoms with E-state index in [4.69, 9.17) is 0 Å². The van der Waals surface area contributed by atoms with Gasteiger partial charge in [-0.15, -0.1) is 0 Å². The third-order valence-corrected chi connectivity index (χ3v) is 4.85. The van der Waals surface area contributed by atoms with E-state index in [9.17, 15) is 0 Å². The molecule has 0 aliphatic rings. The number of aromatic nitrogens is 4. The van der Waals surface area contributed by atoms with Crippen LogP contribution >= 0.6 is 15.9 Å². The van der Waals surface area contributed by atoms with E-state index in [0.29, 0.717) is 0 Å². The smallest absolute Gasteiger partial charge is 0.0962 e. The standard InChI is InChI=1S/C15H17BrN4/c1-9-5-12-13(6-10(9)2)20(8-17-12)7-14-15(16)11(3)18-19(14)4/h5-6,8H,7H2,1-4H3. The molecule has 0 bridgehead atoms. The molecule has 2 aromatic heterocycles. The zero-order valence-electron chi connectivity index (χ0n) is 12.1. The number of rotatable bonds is 2. The van der Waals surface area contributed by atoms with Crippen molar-refractivity contribution in [1.82, 2.24) is 19.3 Å². The lowest BCUT2D eigenvalue weighted by Gasteiger charge is -2.07. The third kappa shape index (κ3) is 2.06. The maximum absolute atomic E-state index is 4.50. The Morgan fingerprint density at radius 1 is 1.15 bits per heavy atom. The molecule has 0 unspecified atom stereocenters. The second kappa shape index (κ2) is 4.74. The number of halogens is 1. The first-order chi connectivity index (χ1) is 9.47. The van der Waals surface area contributed by atoms with Gasteiger partial charge in [-0.1, -0.05) is 0 Å². The van der Waals surface area contributed by atoms with Crippen molar-refractivity contribution in [2.75, 3.05) is 0 Å². The summed E-state index contributed by atoms with van der Waals surface area (Å²) in [6.45, 7) is 7.02. The van der Waals surface area contributed by atoms with Crippen LogP contribution in [-0.4, -0.2) is 19.3 Å². The molecule has 3 rings (SSSR count). The van der Waals surface area contributed by atoms with Crippen molar-refractivity contribution in [2.24, 2.45) is 7.05 Å². The topological polar surface area (TPSA) is 35.6 Å². The number of fused-ring (bicyclic) bond motifs is 1. The van der Waals surface area contributed by atoms with Gasteiger partial charge in [0.2, 0.25) is 0 Å². The van der Waals surface area contributed by atoms with Crippen LogP contribution in [0.2, 0.25) is 0 Å². The highest BCUT2D eigenvalue weighted by Crippen LogP contribution is 2.24. The number of hydrogen-bond donors (Lipinski definition) is 0. The minimum absolute atomic E-state index is 0.761. The summed E-state index contributed by atoms with van der Waals surface area (Å²) in [6.07, 6.45) is 1.90. The van der Waals surface area contributed by atoms with E-state index in [1.54, 1.807) is 0 Å². The Morgan fingerprint density at radius 2 is 1.85 bits per heavy atom. The van der Waals surface area contributed by atoms with Crippen molar-refractivity contribution >= 4 is 27.0 Å². The molecule has 0 amide bonds. The SMILES string of the molecule is Cc1cc2ncn(Cc3c(Br)c(C)nn3C)c2cc1C. The van der Waals surface area contributed by atoms with Gasteiger partial charge < -0.3 is 4.57 Å². The number of benzene rings is 1. The summed E-state index contributed by atoms with van der Waals surface area (Å²) in [5.74, 6) is 0. The molecule has 3 aromatic rings. The first-order valence-corrected chi connectivity index (χ1v) is 7.36. The lowest BCUT2D eigenvalue weighted by atomic mass is 10.1. The van der Waals surface area contributed by atoms with E-state index in [1.165, 1.54) is 16.6 Å². The van der Waals surface area contributed by atoms with Crippen molar-refractivity contribution in [3.63, 3.8) is 0 Å². The van der Waals surface area contributed by atoms with Gasteiger partial charge in [-0.25, -0.2) is 4.98 Å². The van der Waals surface area contributed by atoms with Crippen LogP contribution in [0.15, 0.2) is 22.9 Å². The molecule has 20 heavy (non-hydrogen) atoms. The van der Waals surface area contributed by atoms with Crippen molar-refractivity contribution in [1.29, 1.82) is 0 Å². The highest BCUT2D eigenvalue weighted by molar-refractivity contribution is 9.10. The molecular weight excluding hydrogens is 316 g/mol. The summed E-state index contributed by atoms with van der Waals surface area (Å²) in [4.78, 5) is 4.50. The van der Waals surface area contributed by atoms with Gasteiger partial charge in [-0.05, 0) is 60.0 Å². The molecule has 4 nitrogen and oxygen atoms in total. The summed E-state index contributed by atoms with van der Waals surface area (Å²) < 4.78 is 5.17. The van der Waals surface area contributed by atoms with Crippen LogP contribution < -0.4 is 0 Å². The average molecular weight is 333 g/mol. The molecule has 1 aromatic carbocycles. The van der Waals surface area contributed by atoms with Crippen LogP contribution in [-0.2, 0) is 13.6 Å². The summed E-state index contributed by atoms with van der Waals surface area (Å²) in [5, 5.41) is 4.44. The quantitative estimate of drug-likeness (QED) is 0.719. The molecule has 0 saturated heterocycles. The van der Waals surface area contributed by atoms with Gasteiger partial charge in [-0.3, -0.25) is 4.68 Å². The van der Waals surface area contributed by atoms with E-state index in [0.717, 1.165) is 27.9 Å². The Kier molecular flexibility index (Phi) is 3.17. The van der Waals surface area contributed by atoms with E-state index >= 15 is 0 Å². The fraction of sp³-hybridized carbons (Fsp3) is 0.333. The van der Waals surface area contributed by atoms with Crippen LogP contribution in [0.1, 0.15) is 22.5 Å². The van der Waals surface area contributed by atoms with E-state index in [2.05, 4.69) is 56.6 Å². The van der Waals surface area contributed by atoms with Crippen molar-refractivity contribution in [3.8, 4) is 0 Å². The van der Waals surface area contributed by atoms with Gasteiger partial charge in [0.25, 0.3) is 0 Å².